The Balaban J connectivity index is 2.08. The normalized spacial score (nSPS) is 14.3. The molecule has 2 aromatic rings. The van der Waals surface area contributed by atoms with E-state index in [2.05, 4.69) is 30.2 Å². The van der Waals surface area contributed by atoms with Gasteiger partial charge in [0.25, 0.3) is 0 Å². The zero-order valence-corrected chi connectivity index (χ0v) is 12.4. The molecule has 3 nitrogen and oxygen atoms in total. The lowest BCUT2D eigenvalue weighted by molar-refractivity contribution is 0.686. The first-order valence-corrected chi connectivity index (χ1v) is 7.55. The van der Waals surface area contributed by atoms with Crippen LogP contribution in [0.1, 0.15) is 35.4 Å². The van der Waals surface area contributed by atoms with E-state index >= 15 is 0 Å². The fourth-order valence-corrected chi connectivity index (χ4v) is 3.25. The monoisotopic (exact) mass is 269 g/mol. The standard InChI is InChI=1S/C17H23N3/c1-12-17(16(9-10-18)19-20(12)2)15-8-7-13-5-3-4-6-14(13)11-15/h7-8,11H,3-6,9-10,18H2,1-2H3. The zero-order valence-electron chi connectivity index (χ0n) is 12.4. The molecule has 0 radical (unpaired) electrons. The van der Waals surface area contributed by atoms with Gasteiger partial charge in [0.15, 0.2) is 0 Å². The summed E-state index contributed by atoms with van der Waals surface area (Å²) in [6.45, 7) is 2.79. The third kappa shape index (κ3) is 2.27. The van der Waals surface area contributed by atoms with Crippen LogP contribution in [0.4, 0.5) is 0 Å². The topological polar surface area (TPSA) is 43.8 Å². The van der Waals surface area contributed by atoms with E-state index in [1.165, 1.54) is 53.6 Å². The SMILES string of the molecule is Cc1c(-c2ccc3c(c2)CCCC3)c(CCN)nn1C. The van der Waals surface area contributed by atoms with E-state index < -0.39 is 0 Å². The van der Waals surface area contributed by atoms with Gasteiger partial charge >= 0.3 is 0 Å². The van der Waals surface area contributed by atoms with Crippen LogP contribution in [0.5, 0.6) is 0 Å². The molecule has 0 saturated carbocycles. The third-order valence-electron chi connectivity index (χ3n) is 4.42. The predicted molar refractivity (Wildman–Crippen MR) is 82.8 cm³/mol. The molecule has 0 bridgehead atoms. The number of fused-ring (bicyclic) bond motifs is 1. The van der Waals surface area contributed by atoms with Crippen molar-refractivity contribution in [2.45, 2.75) is 39.0 Å². The van der Waals surface area contributed by atoms with Crippen molar-refractivity contribution in [3.8, 4) is 11.1 Å². The highest BCUT2D eigenvalue weighted by Crippen LogP contribution is 2.31. The van der Waals surface area contributed by atoms with Gasteiger partial charge in [0, 0.05) is 24.7 Å². The van der Waals surface area contributed by atoms with Gasteiger partial charge in [-0.3, -0.25) is 4.68 Å². The number of nitrogens with two attached hydrogens (primary N) is 1. The summed E-state index contributed by atoms with van der Waals surface area (Å²) in [7, 11) is 2.01. The Bertz CT molecular complexity index is 625. The second-order valence-corrected chi connectivity index (χ2v) is 5.76. The number of aryl methyl sites for hydroxylation is 3. The lowest BCUT2D eigenvalue weighted by atomic mass is 9.88. The molecule has 0 aliphatic heterocycles. The molecule has 0 amide bonds. The van der Waals surface area contributed by atoms with Crippen LogP contribution in [0.2, 0.25) is 0 Å². The Morgan fingerprint density at radius 2 is 1.95 bits per heavy atom. The Morgan fingerprint density at radius 3 is 2.70 bits per heavy atom. The number of aromatic nitrogens is 2. The van der Waals surface area contributed by atoms with Gasteiger partial charge in [0.1, 0.15) is 0 Å². The predicted octanol–water partition coefficient (Wildman–Crippen LogP) is 2.78. The summed E-state index contributed by atoms with van der Waals surface area (Å²) in [5.41, 5.74) is 13.7. The van der Waals surface area contributed by atoms with Crippen LogP contribution in [-0.2, 0) is 26.3 Å². The van der Waals surface area contributed by atoms with Crippen molar-refractivity contribution in [1.82, 2.24) is 9.78 Å². The molecule has 2 N–H and O–H groups in total. The smallest absolute Gasteiger partial charge is 0.0718 e. The summed E-state index contributed by atoms with van der Waals surface area (Å²) in [5.74, 6) is 0. The first-order valence-electron chi connectivity index (χ1n) is 7.55. The minimum atomic E-state index is 0.647. The van der Waals surface area contributed by atoms with Gasteiger partial charge in [-0.2, -0.15) is 5.10 Å². The minimum Gasteiger partial charge on any atom is -0.330 e. The molecule has 1 aromatic heterocycles. The molecule has 0 unspecified atom stereocenters. The number of benzene rings is 1. The number of rotatable bonds is 3. The average molecular weight is 269 g/mol. The molecule has 0 saturated heterocycles. The van der Waals surface area contributed by atoms with Crippen molar-refractivity contribution in [2.75, 3.05) is 6.54 Å². The minimum absolute atomic E-state index is 0.647. The summed E-state index contributed by atoms with van der Waals surface area (Å²) in [4.78, 5) is 0. The summed E-state index contributed by atoms with van der Waals surface area (Å²) in [6, 6.07) is 6.94. The highest BCUT2D eigenvalue weighted by Gasteiger charge is 2.16. The largest absolute Gasteiger partial charge is 0.330 e. The van der Waals surface area contributed by atoms with Crippen LogP contribution in [-0.4, -0.2) is 16.3 Å². The van der Waals surface area contributed by atoms with Crippen LogP contribution < -0.4 is 5.73 Å². The summed E-state index contributed by atoms with van der Waals surface area (Å²) >= 11 is 0. The maximum absolute atomic E-state index is 5.73. The maximum atomic E-state index is 5.73. The number of hydrogen-bond acceptors (Lipinski definition) is 2. The van der Waals surface area contributed by atoms with Gasteiger partial charge in [0.05, 0.1) is 5.69 Å². The molecule has 3 rings (SSSR count). The molecule has 20 heavy (non-hydrogen) atoms. The van der Waals surface area contributed by atoms with E-state index in [4.69, 9.17) is 5.73 Å². The summed E-state index contributed by atoms with van der Waals surface area (Å²) in [6.07, 6.45) is 5.94. The molecule has 1 heterocycles. The highest BCUT2D eigenvalue weighted by atomic mass is 15.3. The van der Waals surface area contributed by atoms with Gasteiger partial charge in [-0.15, -0.1) is 0 Å². The van der Waals surface area contributed by atoms with E-state index in [1.54, 1.807) is 0 Å². The highest BCUT2D eigenvalue weighted by molar-refractivity contribution is 5.70. The fourth-order valence-electron chi connectivity index (χ4n) is 3.25. The Labute approximate surface area is 120 Å². The van der Waals surface area contributed by atoms with Crippen LogP contribution in [0.3, 0.4) is 0 Å². The van der Waals surface area contributed by atoms with Crippen molar-refractivity contribution in [3.63, 3.8) is 0 Å². The van der Waals surface area contributed by atoms with Crippen molar-refractivity contribution in [3.05, 3.63) is 40.7 Å². The first-order chi connectivity index (χ1) is 9.70. The molecule has 3 heteroatoms. The van der Waals surface area contributed by atoms with E-state index in [1.807, 2.05) is 11.7 Å². The number of nitrogens with zero attached hydrogens (tertiary/aromatic N) is 2. The summed E-state index contributed by atoms with van der Waals surface area (Å²) < 4.78 is 1.97. The van der Waals surface area contributed by atoms with E-state index in [0.29, 0.717) is 6.54 Å². The van der Waals surface area contributed by atoms with Crippen molar-refractivity contribution >= 4 is 0 Å². The molecule has 0 fully saturated rings. The molecule has 1 aliphatic rings. The second kappa shape index (κ2) is 5.41. The van der Waals surface area contributed by atoms with Gasteiger partial charge < -0.3 is 5.73 Å². The van der Waals surface area contributed by atoms with Gasteiger partial charge in [0.2, 0.25) is 0 Å². The van der Waals surface area contributed by atoms with Crippen molar-refractivity contribution in [2.24, 2.45) is 12.8 Å². The summed E-state index contributed by atoms with van der Waals surface area (Å²) in [5, 5.41) is 4.63. The van der Waals surface area contributed by atoms with Gasteiger partial charge in [-0.1, -0.05) is 18.2 Å². The number of hydrogen-bond donors (Lipinski definition) is 1. The molecule has 1 aliphatic carbocycles. The quantitative estimate of drug-likeness (QED) is 0.931. The van der Waals surface area contributed by atoms with E-state index in [0.717, 1.165) is 12.1 Å². The van der Waals surface area contributed by atoms with E-state index in [-0.39, 0.29) is 0 Å². The second-order valence-electron chi connectivity index (χ2n) is 5.76. The molecular weight excluding hydrogens is 246 g/mol. The Kier molecular flexibility index (Phi) is 3.62. The van der Waals surface area contributed by atoms with Crippen molar-refractivity contribution in [1.29, 1.82) is 0 Å². The van der Waals surface area contributed by atoms with Gasteiger partial charge in [-0.05, 0) is 55.8 Å². The molecule has 106 valence electrons. The van der Waals surface area contributed by atoms with Crippen LogP contribution in [0, 0.1) is 6.92 Å². The first kappa shape index (κ1) is 13.4. The van der Waals surface area contributed by atoms with E-state index in [9.17, 15) is 0 Å². The lowest BCUT2D eigenvalue weighted by Gasteiger charge is -2.17. The molecular formula is C17H23N3. The van der Waals surface area contributed by atoms with Crippen LogP contribution >= 0.6 is 0 Å². The maximum Gasteiger partial charge on any atom is 0.0718 e. The van der Waals surface area contributed by atoms with Crippen molar-refractivity contribution < 1.29 is 0 Å². The van der Waals surface area contributed by atoms with Crippen LogP contribution in [0.25, 0.3) is 11.1 Å². The molecule has 0 atom stereocenters. The average Bonchev–Trinajstić information content (AvgIpc) is 2.74. The molecule has 1 aromatic carbocycles. The third-order valence-corrected chi connectivity index (χ3v) is 4.42. The Morgan fingerprint density at radius 1 is 1.20 bits per heavy atom. The van der Waals surface area contributed by atoms with Crippen LogP contribution in [0.15, 0.2) is 18.2 Å². The Hall–Kier alpha value is -1.61. The fraction of sp³-hybridized carbons (Fsp3) is 0.471. The molecule has 0 spiro atoms. The lowest BCUT2D eigenvalue weighted by Crippen LogP contribution is -2.05. The van der Waals surface area contributed by atoms with Gasteiger partial charge in [-0.25, -0.2) is 0 Å². The zero-order chi connectivity index (χ0) is 14.1.